The maximum atomic E-state index is 13.4. The minimum Gasteiger partial charge on any atom is -0.462 e. The van der Waals surface area contributed by atoms with E-state index in [1.807, 2.05) is 30.3 Å². The van der Waals surface area contributed by atoms with Crippen molar-refractivity contribution in [3.8, 4) is 0 Å². The van der Waals surface area contributed by atoms with Crippen molar-refractivity contribution >= 4 is 51.3 Å². The molecule has 162 valence electrons. The fourth-order valence-electron chi connectivity index (χ4n) is 3.65. The van der Waals surface area contributed by atoms with E-state index in [0.29, 0.717) is 27.4 Å². The Morgan fingerprint density at radius 2 is 2.13 bits per heavy atom. The van der Waals surface area contributed by atoms with Gasteiger partial charge in [0.05, 0.1) is 12.2 Å². The number of hydrogen-bond donors (Lipinski definition) is 1. The second kappa shape index (κ2) is 9.93. The zero-order chi connectivity index (χ0) is 21.8. The lowest BCUT2D eigenvalue weighted by Gasteiger charge is -2.18. The lowest BCUT2D eigenvalue weighted by molar-refractivity contribution is -0.115. The SMILES string of the molecule is CCOC(=O)c1c(NC(=O)C(Sc2nncs2)c2ccccc2)sc2c1CCC(C)C2. The molecule has 9 heteroatoms. The molecule has 1 aliphatic rings. The lowest BCUT2D eigenvalue weighted by atomic mass is 9.88. The fraction of sp³-hybridized carbons (Fsp3) is 0.364. The Hall–Kier alpha value is -2.23. The Morgan fingerprint density at radius 3 is 2.84 bits per heavy atom. The average Bonchev–Trinajstić information content (AvgIpc) is 3.39. The van der Waals surface area contributed by atoms with Gasteiger partial charge in [-0.05, 0) is 43.2 Å². The Bertz CT molecular complexity index is 1050. The van der Waals surface area contributed by atoms with Gasteiger partial charge in [-0.15, -0.1) is 21.5 Å². The molecule has 0 radical (unpaired) electrons. The van der Waals surface area contributed by atoms with Crippen molar-refractivity contribution in [2.24, 2.45) is 5.92 Å². The number of amides is 1. The van der Waals surface area contributed by atoms with Crippen LogP contribution in [0.1, 0.15) is 51.9 Å². The molecule has 1 N–H and O–H groups in total. The second-order valence-corrected chi connectivity index (χ2v) is 10.7. The average molecular weight is 474 g/mol. The first-order valence-corrected chi connectivity index (χ1v) is 12.7. The van der Waals surface area contributed by atoms with Gasteiger partial charge >= 0.3 is 5.97 Å². The van der Waals surface area contributed by atoms with E-state index < -0.39 is 5.25 Å². The number of hydrogen-bond acceptors (Lipinski definition) is 8. The number of carbonyl (C=O) groups is 2. The monoisotopic (exact) mass is 473 g/mol. The summed E-state index contributed by atoms with van der Waals surface area (Å²) in [7, 11) is 0. The van der Waals surface area contributed by atoms with Crippen LogP contribution in [0, 0.1) is 5.92 Å². The van der Waals surface area contributed by atoms with Gasteiger partial charge in [0.1, 0.15) is 15.8 Å². The summed E-state index contributed by atoms with van der Waals surface area (Å²) in [5.74, 6) is 0.0104. The highest BCUT2D eigenvalue weighted by Gasteiger charge is 2.31. The van der Waals surface area contributed by atoms with E-state index in [1.165, 1.54) is 39.3 Å². The van der Waals surface area contributed by atoms with Crippen molar-refractivity contribution < 1.29 is 14.3 Å². The minimum atomic E-state index is -0.512. The first-order valence-electron chi connectivity index (χ1n) is 10.2. The first-order chi connectivity index (χ1) is 15.1. The van der Waals surface area contributed by atoms with E-state index in [0.717, 1.165) is 30.4 Å². The molecule has 0 bridgehead atoms. The molecular formula is C22H23N3O3S3. The second-order valence-electron chi connectivity index (χ2n) is 7.38. The number of carbonyl (C=O) groups excluding carboxylic acids is 2. The maximum Gasteiger partial charge on any atom is 0.341 e. The third-order valence-electron chi connectivity index (χ3n) is 5.13. The van der Waals surface area contributed by atoms with Gasteiger partial charge in [-0.3, -0.25) is 4.79 Å². The number of nitrogens with one attached hydrogen (secondary N) is 1. The Labute approximate surface area is 193 Å². The zero-order valence-electron chi connectivity index (χ0n) is 17.3. The van der Waals surface area contributed by atoms with Crippen LogP contribution in [0.5, 0.6) is 0 Å². The molecule has 4 rings (SSSR count). The molecular weight excluding hydrogens is 450 g/mol. The molecule has 31 heavy (non-hydrogen) atoms. The van der Waals surface area contributed by atoms with Gasteiger partial charge < -0.3 is 10.1 Å². The molecule has 2 aromatic heterocycles. The molecule has 6 nitrogen and oxygen atoms in total. The van der Waals surface area contributed by atoms with Crippen molar-refractivity contribution in [1.29, 1.82) is 0 Å². The van der Waals surface area contributed by atoms with Gasteiger partial charge in [0, 0.05) is 4.88 Å². The van der Waals surface area contributed by atoms with Gasteiger partial charge in [0.15, 0.2) is 4.34 Å². The predicted octanol–water partition coefficient (Wildman–Crippen LogP) is 5.37. The number of benzene rings is 1. The number of esters is 1. The molecule has 0 saturated carbocycles. The molecule has 2 heterocycles. The predicted molar refractivity (Wildman–Crippen MR) is 125 cm³/mol. The molecule has 0 fully saturated rings. The van der Waals surface area contributed by atoms with Crippen molar-refractivity contribution in [1.82, 2.24) is 10.2 Å². The van der Waals surface area contributed by atoms with Crippen LogP contribution < -0.4 is 5.32 Å². The third-order valence-corrected chi connectivity index (χ3v) is 8.36. The van der Waals surface area contributed by atoms with E-state index in [9.17, 15) is 9.59 Å². The molecule has 2 unspecified atom stereocenters. The number of aromatic nitrogens is 2. The molecule has 3 aromatic rings. The van der Waals surface area contributed by atoms with Crippen LogP contribution >= 0.6 is 34.4 Å². The summed E-state index contributed by atoms with van der Waals surface area (Å²) in [6, 6.07) is 9.58. The Kier molecular flexibility index (Phi) is 7.04. The number of rotatable bonds is 7. The number of thioether (sulfide) groups is 1. The topological polar surface area (TPSA) is 81.2 Å². The quantitative estimate of drug-likeness (QED) is 0.367. The zero-order valence-corrected chi connectivity index (χ0v) is 19.7. The highest BCUT2D eigenvalue weighted by molar-refractivity contribution is 8.01. The summed E-state index contributed by atoms with van der Waals surface area (Å²) >= 11 is 4.25. The van der Waals surface area contributed by atoms with Gasteiger partial charge in [-0.2, -0.15) is 0 Å². The van der Waals surface area contributed by atoms with Gasteiger partial charge in [-0.25, -0.2) is 4.79 Å². The highest BCUT2D eigenvalue weighted by Crippen LogP contribution is 2.42. The fourth-order valence-corrected chi connectivity index (χ4v) is 6.73. The van der Waals surface area contributed by atoms with E-state index in [-0.39, 0.29) is 11.9 Å². The first kappa shape index (κ1) is 22.0. The van der Waals surface area contributed by atoms with Crippen molar-refractivity contribution in [2.45, 2.75) is 42.7 Å². The van der Waals surface area contributed by atoms with Gasteiger partial charge in [0.2, 0.25) is 5.91 Å². The molecule has 0 saturated heterocycles. The van der Waals surface area contributed by atoms with Gasteiger partial charge in [0.25, 0.3) is 0 Å². The molecule has 1 amide bonds. The van der Waals surface area contributed by atoms with E-state index in [2.05, 4.69) is 22.4 Å². The van der Waals surface area contributed by atoms with Gasteiger partial charge in [-0.1, -0.05) is 60.4 Å². The number of anilines is 1. The third kappa shape index (κ3) is 4.99. The van der Waals surface area contributed by atoms with Crippen molar-refractivity contribution in [2.75, 3.05) is 11.9 Å². The Morgan fingerprint density at radius 1 is 1.32 bits per heavy atom. The van der Waals surface area contributed by atoms with Crippen LogP contribution in [0.25, 0.3) is 0 Å². The van der Waals surface area contributed by atoms with E-state index in [4.69, 9.17) is 4.74 Å². The molecule has 1 aliphatic carbocycles. The maximum absolute atomic E-state index is 13.4. The summed E-state index contributed by atoms with van der Waals surface area (Å²) in [4.78, 5) is 27.4. The number of thiophene rings is 1. The van der Waals surface area contributed by atoms with E-state index >= 15 is 0 Å². The molecule has 1 aromatic carbocycles. The minimum absolute atomic E-state index is 0.191. The number of ether oxygens (including phenoxy) is 1. The summed E-state index contributed by atoms with van der Waals surface area (Å²) in [6.45, 7) is 4.31. The standard InChI is InChI=1S/C22H23N3O3S3/c1-3-28-21(27)17-15-10-9-13(2)11-16(15)30-20(17)24-19(26)18(14-7-5-4-6-8-14)31-22-25-23-12-29-22/h4-8,12-13,18H,3,9-11H2,1-2H3,(H,24,26). The Balaban J connectivity index is 1.66. The highest BCUT2D eigenvalue weighted by atomic mass is 32.2. The van der Waals surface area contributed by atoms with Crippen molar-refractivity contribution in [3.05, 3.63) is 57.4 Å². The van der Waals surface area contributed by atoms with E-state index in [1.54, 1.807) is 12.4 Å². The molecule has 2 atom stereocenters. The van der Waals surface area contributed by atoms with Crippen LogP contribution in [0.3, 0.4) is 0 Å². The van der Waals surface area contributed by atoms with Crippen LogP contribution in [0.2, 0.25) is 0 Å². The van der Waals surface area contributed by atoms with Crippen LogP contribution in [-0.2, 0) is 22.4 Å². The normalized spacial score (nSPS) is 16.4. The summed E-state index contributed by atoms with van der Waals surface area (Å²) in [5, 5.41) is 11.1. The number of nitrogens with zero attached hydrogens (tertiary/aromatic N) is 2. The summed E-state index contributed by atoms with van der Waals surface area (Å²) in [6.07, 6.45) is 2.78. The van der Waals surface area contributed by atoms with Crippen LogP contribution in [0.15, 0.2) is 40.2 Å². The molecule has 0 spiro atoms. The molecule has 0 aliphatic heterocycles. The van der Waals surface area contributed by atoms with Crippen LogP contribution in [0.4, 0.5) is 5.00 Å². The lowest BCUT2D eigenvalue weighted by Crippen LogP contribution is -2.20. The number of fused-ring (bicyclic) bond motifs is 1. The largest absolute Gasteiger partial charge is 0.462 e. The smallest absolute Gasteiger partial charge is 0.341 e. The van der Waals surface area contributed by atoms with Crippen molar-refractivity contribution in [3.63, 3.8) is 0 Å². The van der Waals surface area contributed by atoms with Crippen LogP contribution in [-0.4, -0.2) is 28.7 Å². The summed E-state index contributed by atoms with van der Waals surface area (Å²) in [5.41, 5.74) is 4.07. The summed E-state index contributed by atoms with van der Waals surface area (Å²) < 4.78 is 6.04.